The maximum Gasteiger partial charge on any atom is 0.109 e. The Morgan fingerprint density at radius 1 is 0.941 bits per heavy atom. The van der Waals surface area contributed by atoms with Crippen molar-refractivity contribution >= 4 is 24.0 Å². The summed E-state index contributed by atoms with van der Waals surface area (Å²) in [5, 5.41) is 1.63. The Morgan fingerprint density at radius 3 is 2.18 bits per heavy atom. The molecule has 3 heteroatoms. The molecular formula is C14H14ClOP. The molecule has 0 aromatic heterocycles. The second-order valence-electron chi connectivity index (χ2n) is 4.41. The maximum atomic E-state index is 12.0. The predicted octanol–water partition coefficient (Wildman–Crippen LogP) is 4.26. The Labute approximate surface area is 107 Å². The molecule has 0 aliphatic carbocycles. The Bertz CT molecular complexity index is 569. The molecule has 0 heterocycles. The Morgan fingerprint density at radius 2 is 1.59 bits per heavy atom. The SMILES string of the molecule is CP(C)(=O)c1cccc(-c2ccc(Cl)cc2)c1. The molecule has 0 fully saturated rings. The third-order valence-electron chi connectivity index (χ3n) is 2.65. The largest absolute Gasteiger partial charge is 0.319 e. The summed E-state index contributed by atoms with van der Waals surface area (Å²) in [4.78, 5) is 0. The lowest BCUT2D eigenvalue weighted by Gasteiger charge is -2.09. The zero-order valence-corrected chi connectivity index (χ0v) is 11.5. The molecular weight excluding hydrogens is 251 g/mol. The summed E-state index contributed by atoms with van der Waals surface area (Å²) in [6.45, 7) is 3.57. The molecule has 0 saturated carbocycles. The minimum Gasteiger partial charge on any atom is -0.319 e. The molecule has 0 N–H and O–H groups in total. The summed E-state index contributed by atoms with van der Waals surface area (Å²) < 4.78 is 12.0. The summed E-state index contributed by atoms with van der Waals surface area (Å²) in [7, 11) is -2.20. The van der Waals surface area contributed by atoms with Gasteiger partial charge in [-0.25, -0.2) is 0 Å². The van der Waals surface area contributed by atoms with Gasteiger partial charge in [0, 0.05) is 10.3 Å². The molecule has 2 aromatic carbocycles. The van der Waals surface area contributed by atoms with E-state index in [4.69, 9.17) is 11.6 Å². The average Bonchev–Trinajstić information content (AvgIpc) is 2.29. The number of benzene rings is 2. The van der Waals surface area contributed by atoms with E-state index in [9.17, 15) is 4.57 Å². The molecule has 0 aliphatic rings. The molecule has 0 bridgehead atoms. The maximum absolute atomic E-state index is 12.0. The smallest absolute Gasteiger partial charge is 0.109 e. The van der Waals surface area contributed by atoms with Gasteiger partial charge < -0.3 is 4.57 Å². The fourth-order valence-corrected chi connectivity index (χ4v) is 2.68. The summed E-state index contributed by atoms with van der Waals surface area (Å²) in [6, 6.07) is 15.5. The zero-order valence-electron chi connectivity index (χ0n) is 9.85. The van der Waals surface area contributed by atoms with E-state index < -0.39 is 7.14 Å². The van der Waals surface area contributed by atoms with Gasteiger partial charge in [0.15, 0.2) is 0 Å². The van der Waals surface area contributed by atoms with Crippen molar-refractivity contribution in [1.29, 1.82) is 0 Å². The number of hydrogen-bond acceptors (Lipinski definition) is 1. The van der Waals surface area contributed by atoms with Crippen LogP contribution in [0.3, 0.4) is 0 Å². The summed E-state index contributed by atoms with van der Waals surface area (Å²) in [5.41, 5.74) is 2.16. The molecule has 0 radical (unpaired) electrons. The molecule has 0 spiro atoms. The van der Waals surface area contributed by atoms with Crippen LogP contribution in [0.2, 0.25) is 5.02 Å². The van der Waals surface area contributed by atoms with Crippen molar-refractivity contribution in [3.05, 3.63) is 53.6 Å². The number of hydrogen-bond donors (Lipinski definition) is 0. The van der Waals surface area contributed by atoms with Crippen LogP contribution in [-0.2, 0) is 4.57 Å². The molecule has 17 heavy (non-hydrogen) atoms. The van der Waals surface area contributed by atoms with E-state index in [0.29, 0.717) is 0 Å². The fraction of sp³-hybridized carbons (Fsp3) is 0.143. The van der Waals surface area contributed by atoms with Gasteiger partial charge in [0.1, 0.15) is 7.14 Å². The van der Waals surface area contributed by atoms with Gasteiger partial charge in [-0.3, -0.25) is 0 Å². The molecule has 88 valence electrons. The van der Waals surface area contributed by atoms with Crippen LogP contribution in [0.5, 0.6) is 0 Å². The lowest BCUT2D eigenvalue weighted by molar-refractivity contribution is 0.588. The van der Waals surface area contributed by atoms with Crippen molar-refractivity contribution in [3.63, 3.8) is 0 Å². The van der Waals surface area contributed by atoms with Gasteiger partial charge in [0.25, 0.3) is 0 Å². The molecule has 0 amide bonds. The van der Waals surface area contributed by atoms with Gasteiger partial charge in [-0.15, -0.1) is 0 Å². The molecule has 0 atom stereocenters. The predicted molar refractivity (Wildman–Crippen MR) is 76.0 cm³/mol. The standard InChI is InChI=1S/C14H14ClOP/c1-17(2,16)14-5-3-4-12(10-14)11-6-8-13(15)9-7-11/h3-10H,1-2H3. The first-order valence-electron chi connectivity index (χ1n) is 5.38. The van der Waals surface area contributed by atoms with Crippen LogP contribution in [-0.4, -0.2) is 13.3 Å². The minimum absolute atomic E-state index is 0.724. The van der Waals surface area contributed by atoms with E-state index in [0.717, 1.165) is 21.5 Å². The minimum atomic E-state index is -2.20. The lowest BCUT2D eigenvalue weighted by atomic mass is 10.1. The molecule has 2 rings (SSSR count). The van der Waals surface area contributed by atoms with Crippen LogP contribution in [0.15, 0.2) is 48.5 Å². The highest BCUT2D eigenvalue weighted by Gasteiger charge is 2.11. The van der Waals surface area contributed by atoms with Crippen molar-refractivity contribution in [2.75, 3.05) is 13.3 Å². The van der Waals surface area contributed by atoms with Crippen molar-refractivity contribution in [2.24, 2.45) is 0 Å². The van der Waals surface area contributed by atoms with Crippen molar-refractivity contribution in [2.45, 2.75) is 0 Å². The van der Waals surface area contributed by atoms with Gasteiger partial charge in [0.2, 0.25) is 0 Å². The van der Waals surface area contributed by atoms with Crippen LogP contribution < -0.4 is 5.30 Å². The average molecular weight is 265 g/mol. The third-order valence-corrected chi connectivity index (χ3v) is 4.42. The van der Waals surface area contributed by atoms with Gasteiger partial charge in [-0.05, 0) is 42.7 Å². The fourth-order valence-electron chi connectivity index (χ4n) is 1.66. The topological polar surface area (TPSA) is 17.1 Å². The van der Waals surface area contributed by atoms with Crippen molar-refractivity contribution in [1.82, 2.24) is 0 Å². The van der Waals surface area contributed by atoms with Crippen molar-refractivity contribution in [3.8, 4) is 11.1 Å². The van der Waals surface area contributed by atoms with E-state index in [1.807, 2.05) is 48.5 Å². The second kappa shape index (κ2) is 4.68. The van der Waals surface area contributed by atoms with Crippen molar-refractivity contribution < 1.29 is 4.57 Å². The normalized spacial score (nSPS) is 11.5. The van der Waals surface area contributed by atoms with Crippen LogP contribution in [0.25, 0.3) is 11.1 Å². The molecule has 1 nitrogen and oxygen atoms in total. The first-order chi connectivity index (χ1) is 7.97. The first kappa shape index (κ1) is 12.4. The number of rotatable bonds is 2. The molecule has 2 aromatic rings. The van der Waals surface area contributed by atoms with Crippen LogP contribution in [0.1, 0.15) is 0 Å². The van der Waals surface area contributed by atoms with E-state index >= 15 is 0 Å². The summed E-state index contributed by atoms with van der Waals surface area (Å²) in [5.74, 6) is 0. The Balaban J connectivity index is 2.47. The highest BCUT2D eigenvalue weighted by molar-refractivity contribution is 7.70. The first-order valence-corrected chi connectivity index (χ1v) is 8.36. The van der Waals surface area contributed by atoms with Gasteiger partial charge in [0.05, 0.1) is 0 Å². The number of halogens is 1. The third kappa shape index (κ3) is 3.00. The zero-order chi connectivity index (χ0) is 12.5. The molecule has 0 aliphatic heterocycles. The molecule has 0 unspecified atom stereocenters. The van der Waals surface area contributed by atoms with Gasteiger partial charge >= 0.3 is 0 Å². The highest BCUT2D eigenvalue weighted by Crippen LogP contribution is 2.35. The van der Waals surface area contributed by atoms with Crippen LogP contribution in [0.4, 0.5) is 0 Å². The van der Waals surface area contributed by atoms with E-state index in [1.54, 1.807) is 13.3 Å². The lowest BCUT2D eigenvalue weighted by Crippen LogP contribution is -2.02. The van der Waals surface area contributed by atoms with Gasteiger partial charge in [-0.2, -0.15) is 0 Å². The van der Waals surface area contributed by atoms with Crippen LogP contribution in [0, 0.1) is 0 Å². The highest BCUT2D eigenvalue weighted by atomic mass is 35.5. The Hall–Kier alpha value is -1.04. The van der Waals surface area contributed by atoms with Gasteiger partial charge in [-0.1, -0.05) is 41.9 Å². The quantitative estimate of drug-likeness (QED) is 0.741. The summed E-state index contributed by atoms with van der Waals surface area (Å²) in [6.07, 6.45) is 0. The monoisotopic (exact) mass is 264 g/mol. The van der Waals surface area contributed by atoms with E-state index in [1.165, 1.54) is 0 Å². The van der Waals surface area contributed by atoms with E-state index in [-0.39, 0.29) is 0 Å². The second-order valence-corrected chi connectivity index (χ2v) is 8.06. The Kier molecular flexibility index (Phi) is 3.42. The van der Waals surface area contributed by atoms with Crippen LogP contribution >= 0.6 is 18.7 Å². The van der Waals surface area contributed by atoms with E-state index in [2.05, 4.69) is 0 Å². The summed E-state index contributed by atoms with van der Waals surface area (Å²) >= 11 is 5.86. The molecule has 0 saturated heterocycles.